The van der Waals surface area contributed by atoms with Gasteiger partial charge in [-0.25, -0.2) is 9.97 Å². The van der Waals surface area contributed by atoms with Crippen LogP contribution in [0.15, 0.2) is 18.2 Å². The van der Waals surface area contributed by atoms with E-state index in [-0.39, 0.29) is 10.8 Å². The van der Waals surface area contributed by atoms with E-state index < -0.39 is 0 Å². The molecule has 0 bridgehead atoms. The van der Waals surface area contributed by atoms with Crippen LogP contribution in [-0.4, -0.2) is 9.97 Å². The smallest absolute Gasteiger partial charge is 0.128 e. The molecule has 0 aliphatic rings. The number of nitrogens with zero attached hydrogens (tertiary/aromatic N) is 2. The largest absolute Gasteiger partial charge is 0.237 e. The predicted octanol–water partition coefficient (Wildman–Crippen LogP) is 9.18. The van der Waals surface area contributed by atoms with Crippen molar-refractivity contribution in [2.45, 2.75) is 137 Å². The third-order valence-electron chi connectivity index (χ3n) is 6.88. The fourth-order valence-corrected chi connectivity index (χ4v) is 5.14. The molecule has 0 unspecified atom stereocenters. The molecule has 1 heterocycles. The van der Waals surface area contributed by atoms with Crippen molar-refractivity contribution in [1.82, 2.24) is 9.97 Å². The van der Waals surface area contributed by atoms with Gasteiger partial charge < -0.3 is 0 Å². The van der Waals surface area contributed by atoms with Crippen LogP contribution in [0.2, 0.25) is 0 Å². The number of aryl methyl sites for hydroxylation is 1. The summed E-state index contributed by atoms with van der Waals surface area (Å²) in [5.74, 6) is 2.82. The molecule has 2 aromatic rings. The minimum atomic E-state index is 0.0410. The summed E-state index contributed by atoms with van der Waals surface area (Å²) in [6.45, 7) is 30.0. The van der Waals surface area contributed by atoms with Gasteiger partial charge >= 0.3 is 0 Å². The number of benzene rings is 1. The van der Waals surface area contributed by atoms with Crippen molar-refractivity contribution in [2.75, 3.05) is 0 Å². The zero-order chi connectivity index (χ0) is 25.3. The molecule has 1 aromatic heterocycles. The van der Waals surface area contributed by atoms with E-state index in [0.717, 1.165) is 18.7 Å². The molecule has 1 aromatic carbocycles. The van der Waals surface area contributed by atoms with E-state index in [1.165, 1.54) is 33.6 Å². The van der Waals surface area contributed by atoms with Crippen LogP contribution in [0, 0.1) is 0 Å². The van der Waals surface area contributed by atoms with Gasteiger partial charge in [0.25, 0.3) is 0 Å². The monoisotopic (exact) mass is 450 g/mol. The molecule has 0 fully saturated rings. The third-order valence-corrected chi connectivity index (χ3v) is 6.88. The number of aromatic nitrogens is 2. The van der Waals surface area contributed by atoms with Crippen LogP contribution in [-0.2, 0) is 17.3 Å². The van der Waals surface area contributed by atoms with Crippen molar-refractivity contribution in [3.8, 4) is 0 Å². The molecule has 2 rings (SSSR count). The van der Waals surface area contributed by atoms with Gasteiger partial charge in [-0.15, -0.1) is 0 Å². The van der Waals surface area contributed by atoms with E-state index in [9.17, 15) is 0 Å². The van der Waals surface area contributed by atoms with Crippen molar-refractivity contribution in [2.24, 2.45) is 0 Å². The minimum Gasteiger partial charge on any atom is -0.237 e. The number of hydrogen-bond acceptors (Lipinski definition) is 2. The Balaban J connectivity index is 2.54. The van der Waals surface area contributed by atoms with Crippen LogP contribution in [0.4, 0.5) is 0 Å². The molecule has 0 aliphatic carbocycles. The minimum absolute atomic E-state index is 0.0410. The van der Waals surface area contributed by atoms with Crippen molar-refractivity contribution < 1.29 is 0 Å². The molecular weight excluding hydrogens is 400 g/mol. The van der Waals surface area contributed by atoms with Crippen LogP contribution < -0.4 is 0 Å². The summed E-state index contributed by atoms with van der Waals surface area (Å²) in [7, 11) is 0. The Bertz CT molecular complexity index is 885. The van der Waals surface area contributed by atoms with Gasteiger partial charge in [0.1, 0.15) is 5.82 Å². The molecule has 0 saturated heterocycles. The highest BCUT2D eigenvalue weighted by Gasteiger charge is 2.31. The molecular formula is C31H50N2. The maximum absolute atomic E-state index is 5.18. The lowest BCUT2D eigenvalue weighted by atomic mass is 9.72. The fourth-order valence-electron chi connectivity index (χ4n) is 5.14. The lowest BCUT2D eigenvalue weighted by molar-refractivity contribution is 0.457. The topological polar surface area (TPSA) is 25.8 Å². The Morgan fingerprint density at radius 2 is 1.06 bits per heavy atom. The molecule has 0 spiro atoms. The Labute approximate surface area is 205 Å². The van der Waals surface area contributed by atoms with Gasteiger partial charge in [0, 0.05) is 12.0 Å². The first-order chi connectivity index (χ1) is 15.1. The van der Waals surface area contributed by atoms with Gasteiger partial charge in [-0.3, -0.25) is 0 Å². The van der Waals surface area contributed by atoms with Crippen LogP contribution >= 0.6 is 0 Å². The van der Waals surface area contributed by atoms with Gasteiger partial charge in [0.2, 0.25) is 0 Å². The zero-order valence-electron chi connectivity index (χ0n) is 23.9. The average Bonchev–Trinajstić information content (AvgIpc) is 2.70. The first-order valence-electron chi connectivity index (χ1n) is 13.1. The quantitative estimate of drug-likeness (QED) is 0.400. The second-order valence-electron chi connectivity index (χ2n) is 12.8. The Kier molecular flexibility index (Phi) is 8.58. The van der Waals surface area contributed by atoms with E-state index in [0.29, 0.717) is 23.7 Å². The summed E-state index contributed by atoms with van der Waals surface area (Å²) in [6, 6.07) is 6.90. The van der Waals surface area contributed by atoms with Crippen LogP contribution in [0.25, 0.3) is 0 Å². The SMILES string of the molecule is CC(C)c1cccc(C(C)C)c1C(C)(C)CCc1nc(C(C)C)c(C(C)(C)C)c(C(C)C)n1. The van der Waals surface area contributed by atoms with Crippen molar-refractivity contribution in [3.05, 3.63) is 57.7 Å². The van der Waals surface area contributed by atoms with Gasteiger partial charge in [0.15, 0.2) is 0 Å². The Hall–Kier alpha value is -1.70. The second kappa shape index (κ2) is 10.3. The molecule has 0 saturated carbocycles. The molecule has 2 heteroatoms. The summed E-state index contributed by atoms with van der Waals surface area (Å²) >= 11 is 0. The lowest BCUT2D eigenvalue weighted by Gasteiger charge is -2.33. The number of rotatable bonds is 8. The number of hydrogen-bond donors (Lipinski definition) is 0. The first kappa shape index (κ1) is 27.5. The predicted molar refractivity (Wildman–Crippen MR) is 145 cm³/mol. The van der Waals surface area contributed by atoms with E-state index in [2.05, 4.69) is 108 Å². The summed E-state index contributed by atoms with van der Waals surface area (Å²) in [4.78, 5) is 10.4. The second-order valence-corrected chi connectivity index (χ2v) is 12.8. The lowest BCUT2D eigenvalue weighted by Crippen LogP contribution is -2.25. The first-order valence-corrected chi connectivity index (χ1v) is 13.1. The third kappa shape index (κ3) is 6.25. The van der Waals surface area contributed by atoms with E-state index >= 15 is 0 Å². The van der Waals surface area contributed by atoms with Gasteiger partial charge in [0.05, 0.1) is 11.4 Å². The van der Waals surface area contributed by atoms with E-state index in [4.69, 9.17) is 9.97 Å². The van der Waals surface area contributed by atoms with Crippen LogP contribution in [0.5, 0.6) is 0 Å². The molecule has 33 heavy (non-hydrogen) atoms. The highest BCUT2D eigenvalue weighted by molar-refractivity contribution is 5.44. The zero-order valence-corrected chi connectivity index (χ0v) is 23.9. The summed E-state index contributed by atoms with van der Waals surface area (Å²) in [5, 5.41) is 0. The van der Waals surface area contributed by atoms with Gasteiger partial charge in [-0.2, -0.15) is 0 Å². The molecule has 0 amide bonds. The summed E-state index contributed by atoms with van der Waals surface area (Å²) in [5.41, 5.74) is 8.43. The molecule has 0 aliphatic heterocycles. The summed E-state index contributed by atoms with van der Waals surface area (Å²) < 4.78 is 0. The van der Waals surface area contributed by atoms with Gasteiger partial charge in [-0.1, -0.05) is 108 Å². The van der Waals surface area contributed by atoms with E-state index in [1.807, 2.05) is 0 Å². The summed E-state index contributed by atoms with van der Waals surface area (Å²) in [6.07, 6.45) is 1.95. The fraction of sp³-hybridized carbons (Fsp3) is 0.677. The molecule has 184 valence electrons. The average molecular weight is 451 g/mol. The molecule has 2 nitrogen and oxygen atoms in total. The maximum Gasteiger partial charge on any atom is 0.128 e. The van der Waals surface area contributed by atoms with Crippen LogP contribution in [0.3, 0.4) is 0 Å². The molecule has 0 N–H and O–H groups in total. The highest BCUT2D eigenvalue weighted by atomic mass is 14.9. The highest BCUT2D eigenvalue weighted by Crippen LogP contribution is 2.40. The van der Waals surface area contributed by atoms with Crippen molar-refractivity contribution in [3.63, 3.8) is 0 Å². The van der Waals surface area contributed by atoms with Crippen LogP contribution in [0.1, 0.15) is 160 Å². The van der Waals surface area contributed by atoms with E-state index in [1.54, 1.807) is 0 Å². The molecule has 0 radical (unpaired) electrons. The standard InChI is InChI=1S/C31H50N2/c1-19(2)23-15-14-16-24(20(3)4)26(23)31(12,13)18-17-25-32-28(21(5)6)27(30(9,10)11)29(33-25)22(7)8/h14-16,19-22H,17-18H2,1-13H3. The van der Waals surface area contributed by atoms with Crippen molar-refractivity contribution in [1.29, 1.82) is 0 Å². The normalized spacial score (nSPS) is 13.1. The Morgan fingerprint density at radius 3 is 1.39 bits per heavy atom. The van der Waals surface area contributed by atoms with Crippen molar-refractivity contribution >= 4 is 0 Å². The molecule has 0 atom stereocenters. The van der Waals surface area contributed by atoms with Gasteiger partial charge in [-0.05, 0) is 57.6 Å². The maximum atomic E-state index is 5.18. The Morgan fingerprint density at radius 1 is 0.636 bits per heavy atom.